The lowest BCUT2D eigenvalue weighted by atomic mass is 10.1. The number of carbonyl (C=O) groups is 2. The van der Waals surface area contributed by atoms with E-state index >= 15 is 0 Å². The average molecular weight is 303 g/mol. The topological polar surface area (TPSA) is 73.2 Å². The number of carbonyl (C=O) groups excluding carboxylic acids is 2. The summed E-state index contributed by atoms with van der Waals surface area (Å²) in [6.07, 6.45) is 0.736. The number of amides is 3. The second-order valence-corrected chi connectivity index (χ2v) is 6.52. The number of imide groups is 1. The molecule has 1 aliphatic rings. The number of urea groups is 1. The van der Waals surface area contributed by atoms with E-state index in [0.29, 0.717) is 12.1 Å². The highest BCUT2D eigenvalue weighted by Crippen LogP contribution is 2.21. The molecular weight excluding hydrogens is 286 g/mol. The smallest absolute Gasteiger partial charge is 0.324 e. The van der Waals surface area contributed by atoms with Crippen molar-refractivity contribution in [2.45, 2.75) is 30.7 Å². The van der Waals surface area contributed by atoms with Crippen molar-refractivity contribution in [3.05, 3.63) is 29.8 Å². The van der Waals surface area contributed by atoms with Gasteiger partial charge in [-0.2, -0.15) is 5.26 Å². The van der Waals surface area contributed by atoms with Crippen molar-refractivity contribution in [1.29, 1.82) is 5.26 Å². The van der Waals surface area contributed by atoms with Crippen molar-refractivity contribution >= 4 is 23.7 Å². The third-order valence-corrected chi connectivity index (χ3v) is 4.32. The Kier molecular flexibility index (Phi) is 4.53. The third-order valence-electron chi connectivity index (χ3n) is 3.22. The maximum Gasteiger partial charge on any atom is 0.325 e. The van der Waals surface area contributed by atoms with E-state index in [0.717, 1.165) is 17.1 Å². The molecule has 6 heteroatoms. The minimum Gasteiger partial charge on any atom is -0.324 e. The van der Waals surface area contributed by atoms with Crippen LogP contribution in [0.4, 0.5) is 4.79 Å². The summed E-state index contributed by atoms with van der Waals surface area (Å²) in [7, 11) is 0. The first-order chi connectivity index (χ1) is 9.94. The van der Waals surface area contributed by atoms with Crippen molar-refractivity contribution in [3.8, 4) is 6.07 Å². The van der Waals surface area contributed by atoms with Crippen LogP contribution in [-0.2, 0) is 4.79 Å². The van der Waals surface area contributed by atoms with E-state index in [2.05, 4.69) is 11.4 Å². The standard InChI is InChI=1S/C15H17N3O2S/c1-15(2)13(19)18(14(20)17-15)8-3-9-21-12-6-4-11(10-16)5-7-12/h4-7H,3,8-9H2,1-2H3,(H,17,20). The van der Waals surface area contributed by atoms with Gasteiger partial charge in [0.15, 0.2) is 0 Å². The third kappa shape index (κ3) is 3.56. The van der Waals surface area contributed by atoms with Gasteiger partial charge in [0.05, 0.1) is 11.6 Å². The highest BCUT2D eigenvalue weighted by molar-refractivity contribution is 7.99. The Labute approximate surface area is 128 Å². The molecule has 110 valence electrons. The SMILES string of the molecule is CC1(C)NC(=O)N(CCCSc2ccc(C#N)cc2)C1=O. The molecule has 0 aromatic heterocycles. The van der Waals surface area contributed by atoms with Crippen LogP contribution in [0.25, 0.3) is 0 Å². The van der Waals surface area contributed by atoms with Gasteiger partial charge in [-0.15, -0.1) is 11.8 Å². The first-order valence-corrected chi connectivity index (χ1v) is 7.70. The van der Waals surface area contributed by atoms with E-state index in [9.17, 15) is 9.59 Å². The fourth-order valence-electron chi connectivity index (χ4n) is 2.06. The fourth-order valence-corrected chi connectivity index (χ4v) is 2.90. The summed E-state index contributed by atoms with van der Waals surface area (Å²) in [4.78, 5) is 26.0. The van der Waals surface area contributed by atoms with Gasteiger partial charge >= 0.3 is 6.03 Å². The molecule has 1 aliphatic heterocycles. The van der Waals surface area contributed by atoms with Crippen LogP contribution in [0.3, 0.4) is 0 Å². The van der Waals surface area contributed by atoms with Crippen molar-refractivity contribution in [3.63, 3.8) is 0 Å². The molecule has 0 atom stereocenters. The Morgan fingerprint density at radius 3 is 2.48 bits per heavy atom. The Morgan fingerprint density at radius 1 is 1.29 bits per heavy atom. The van der Waals surface area contributed by atoms with Crippen LogP contribution in [0.15, 0.2) is 29.2 Å². The first-order valence-electron chi connectivity index (χ1n) is 6.71. The van der Waals surface area contributed by atoms with Gasteiger partial charge < -0.3 is 5.32 Å². The van der Waals surface area contributed by atoms with Crippen molar-refractivity contribution in [1.82, 2.24) is 10.2 Å². The lowest BCUT2D eigenvalue weighted by Gasteiger charge is -2.15. The van der Waals surface area contributed by atoms with Gasteiger partial charge in [-0.3, -0.25) is 9.69 Å². The maximum atomic E-state index is 12.0. The van der Waals surface area contributed by atoms with Crippen LogP contribution in [0.2, 0.25) is 0 Å². The number of nitrogens with one attached hydrogen (secondary N) is 1. The van der Waals surface area contributed by atoms with Gasteiger partial charge in [-0.05, 0) is 50.3 Å². The molecule has 0 spiro atoms. The Morgan fingerprint density at radius 2 is 1.95 bits per heavy atom. The van der Waals surface area contributed by atoms with Gasteiger partial charge in [0, 0.05) is 11.4 Å². The number of nitriles is 1. The Bertz CT molecular complexity index is 590. The zero-order chi connectivity index (χ0) is 15.5. The molecule has 1 aromatic carbocycles. The molecule has 1 fully saturated rings. The van der Waals surface area contributed by atoms with E-state index in [1.165, 1.54) is 4.90 Å². The van der Waals surface area contributed by atoms with E-state index < -0.39 is 5.54 Å². The molecule has 0 radical (unpaired) electrons. The molecule has 1 aromatic rings. The van der Waals surface area contributed by atoms with Crippen LogP contribution in [0, 0.1) is 11.3 Å². The molecule has 2 rings (SSSR count). The number of benzene rings is 1. The van der Waals surface area contributed by atoms with Crippen LogP contribution in [0.1, 0.15) is 25.8 Å². The summed E-state index contributed by atoms with van der Waals surface area (Å²) in [5, 5.41) is 11.4. The number of nitrogens with zero attached hydrogens (tertiary/aromatic N) is 2. The summed E-state index contributed by atoms with van der Waals surface area (Å²) >= 11 is 1.65. The summed E-state index contributed by atoms with van der Waals surface area (Å²) in [6, 6.07) is 9.13. The molecule has 21 heavy (non-hydrogen) atoms. The van der Waals surface area contributed by atoms with Gasteiger partial charge in [-0.1, -0.05) is 0 Å². The Balaban J connectivity index is 1.78. The van der Waals surface area contributed by atoms with Gasteiger partial charge in [-0.25, -0.2) is 4.79 Å². The molecule has 1 heterocycles. The summed E-state index contributed by atoms with van der Waals surface area (Å²) in [6.45, 7) is 3.84. The van der Waals surface area contributed by atoms with Gasteiger partial charge in [0.1, 0.15) is 5.54 Å². The highest BCUT2D eigenvalue weighted by atomic mass is 32.2. The minimum absolute atomic E-state index is 0.170. The summed E-state index contributed by atoms with van der Waals surface area (Å²) < 4.78 is 0. The molecule has 0 unspecified atom stereocenters. The molecular formula is C15H17N3O2S. The number of rotatable bonds is 5. The summed E-state index contributed by atoms with van der Waals surface area (Å²) in [5.41, 5.74) is -0.155. The van der Waals surface area contributed by atoms with Gasteiger partial charge in [0.25, 0.3) is 5.91 Å². The monoisotopic (exact) mass is 303 g/mol. The van der Waals surface area contributed by atoms with E-state index in [1.54, 1.807) is 37.7 Å². The van der Waals surface area contributed by atoms with E-state index in [1.807, 2.05) is 12.1 Å². The second-order valence-electron chi connectivity index (χ2n) is 5.35. The molecule has 0 bridgehead atoms. The van der Waals surface area contributed by atoms with Crippen molar-refractivity contribution in [2.75, 3.05) is 12.3 Å². The molecule has 5 nitrogen and oxygen atoms in total. The average Bonchev–Trinajstić information content (AvgIpc) is 2.65. The largest absolute Gasteiger partial charge is 0.325 e. The Hall–Kier alpha value is -2.00. The predicted octanol–water partition coefficient (Wildman–Crippen LogP) is 2.37. The molecule has 3 amide bonds. The van der Waals surface area contributed by atoms with Crippen LogP contribution in [-0.4, -0.2) is 34.7 Å². The zero-order valence-electron chi connectivity index (χ0n) is 12.0. The first kappa shape index (κ1) is 15.4. The number of hydrogen-bond donors (Lipinski definition) is 1. The van der Waals surface area contributed by atoms with Gasteiger partial charge in [0.2, 0.25) is 0 Å². The lowest BCUT2D eigenvalue weighted by Crippen LogP contribution is -2.40. The van der Waals surface area contributed by atoms with Crippen LogP contribution >= 0.6 is 11.8 Å². The highest BCUT2D eigenvalue weighted by Gasteiger charge is 2.43. The van der Waals surface area contributed by atoms with Crippen LogP contribution in [0.5, 0.6) is 0 Å². The van der Waals surface area contributed by atoms with Crippen molar-refractivity contribution in [2.24, 2.45) is 0 Å². The number of hydrogen-bond acceptors (Lipinski definition) is 4. The van der Waals surface area contributed by atoms with Crippen molar-refractivity contribution < 1.29 is 9.59 Å². The zero-order valence-corrected chi connectivity index (χ0v) is 12.9. The normalized spacial score (nSPS) is 16.7. The molecule has 1 N–H and O–H groups in total. The maximum absolute atomic E-state index is 12.0. The fraction of sp³-hybridized carbons (Fsp3) is 0.400. The summed E-state index contributed by atoms with van der Waals surface area (Å²) in [5.74, 6) is 0.638. The van der Waals surface area contributed by atoms with E-state index in [4.69, 9.17) is 5.26 Å². The minimum atomic E-state index is -0.794. The predicted molar refractivity (Wildman–Crippen MR) is 80.8 cm³/mol. The number of thioether (sulfide) groups is 1. The molecule has 0 aliphatic carbocycles. The van der Waals surface area contributed by atoms with E-state index in [-0.39, 0.29) is 11.9 Å². The lowest BCUT2D eigenvalue weighted by molar-refractivity contribution is -0.130. The van der Waals surface area contributed by atoms with Crippen LogP contribution < -0.4 is 5.32 Å². The molecule has 1 saturated heterocycles. The molecule has 0 saturated carbocycles. The quantitative estimate of drug-likeness (QED) is 0.515. The second kappa shape index (κ2) is 6.19.